The summed E-state index contributed by atoms with van der Waals surface area (Å²) in [5.74, 6) is -0.573. The Bertz CT molecular complexity index is 573. The van der Waals surface area contributed by atoms with Gasteiger partial charge in [0.05, 0.1) is 0 Å². The number of hydrogen-bond acceptors (Lipinski definition) is 6. The zero-order valence-corrected chi connectivity index (χ0v) is 11.9. The summed E-state index contributed by atoms with van der Waals surface area (Å²) in [5, 5.41) is 0.141. The van der Waals surface area contributed by atoms with Gasteiger partial charge in [-0.05, 0) is 19.6 Å². The summed E-state index contributed by atoms with van der Waals surface area (Å²) in [6.07, 6.45) is 1.87. The number of nitrogens with zero attached hydrogens (tertiary/aromatic N) is 2. The van der Waals surface area contributed by atoms with Gasteiger partial charge in [0.15, 0.2) is 5.16 Å². The third-order valence-corrected chi connectivity index (χ3v) is 3.66. The van der Waals surface area contributed by atoms with Crippen molar-refractivity contribution in [1.82, 2.24) is 9.97 Å². The molecule has 0 aromatic carbocycles. The molecular formula is C9H11F3N2O3S2. The molecule has 1 aromatic heterocycles. The molecule has 0 N–H and O–H groups in total. The maximum Gasteiger partial charge on any atom is 0.534 e. The normalized spacial score (nSPS) is 12.5. The quantitative estimate of drug-likeness (QED) is 0.367. The molecule has 0 aliphatic carbocycles. The van der Waals surface area contributed by atoms with Gasteiger partial charge >= 0.3 is 15.6 Å². The molecule has 0 aliphatic rings. The van der Waals surface area contributed by atoms with Crippen LogP contribution in [-0.4, -0.2) is 30.1 Å². The monoisotopic (exact) mass is 316 g/mol. The summed E-state index contributed by atoms with van der Waals surface area (Å²) in [6.45, 7) is 3.19. The van der Waals surface area contributed by atoms with Gasteiger partial charge in [0.1, 0.15) is 0 Å². The fourth-order valence-corrected chi connectivity index (χ4v) is 2.11. The predicted molar refractivity (Wildman–Crippen MR) is 63.5 cm³/mol. The Morgan fingerprint density at radius 2 is 1.89 bits per heavy atom. The van der Waals surface area contributed by atoms with Crippen molar-refractivity contribution in [1.29, 1.82) is 0 Å². The SMILES string of the molecule is CCc1c(C)nc(SC)nc1OS(=O)(=O)C(F)(F)F. The molecule has 108 valence electrons. The van der Waals surface area contributed by atoms with E-state index in [1.807, 2.05) is 0 Å². The molecule has 0 atom stereocenters. The fraction of sp³-hybridized carbons (Fsp3) is 0.556. The first-order chi connectivity index (χ1) is 8.62. The standard InChI is InChI=1S/C9H11F3N2O3S2/c1-4-6-5(2)13-8(18-3)14-7(6)17-19(15,16)9(10,11)12/h4H2,1-3H3. The van der Waals surface area contributed by atoms with Crippen LogP contribution in [0.4, 0.5) is 13.2 Å². The maximum absolute atomic E-state index is 12.3. The first-order valence-electron chi connectivity index (χ1n) is 5.04. The van der Waals surface area contributed by atoms with Gasteiger partial charge < -0.3 is 4.18 Å². The number of hydrogen-bond donors (Lipinski definition) is 0. The van der Waals surface area contributed by atoms with Crippen molar-refractivity contribution in [2.45, 2.75) is 30.9 Å². The molecule has 0 aliphatic heterocycles. The number of rotatable bonds is 4. The lowest BCUT2D eigenvalue weighted by molar-refractivity contribution is -0.0501. The van der Waals surface area contributed by atoms with E-state index in [2.05, 4.69) is 14.2 Å². The van der Waals surface area contributed by atoms with Gasteiger partial charge in [0.2, 0.25) is 5.88 Å². The lowest BCUT2D eigenvalue weighted by atomic mass is 10.2. The summed E-state index contributed by atoms with van der Waals surface area (Å²) in [5.41, 5.74) is -4.88. The summed E-state index contributed by atoms with van der Waals surface area (Å²) >= 11 is 1.07. The van der Waals surface area contributed by atoms with E-state index in [1.54, 1.807) is 20.1 Å². The van der Waals surface area contributed by atoms with Gasteiger partial charge in [-0.3, -0.25) is 0 Å². The van der Waals surface area contributed by atoms with Crippen LogP contribution in [-0.2, 0) is 16.5 Å². The van der Waals surface area contributed by atoms with Crippen LogP contribution < -0.4 is 4.18 Å². The number of aryl methyl sites for hydroxylation is 1. The van der Waals surface area contributed by atoms with Crippen molar-refractivity contribution in [3.05, 3.63) is 11.3 Å². The van der Waals surface area contributed by atoms with E-state index in [0.29, 0.717) is 5.69 Å². The first kappa shape index (κ1) is 16.0. The van der Waals surface area contributed by atoms with Crippen LogP contribution in [0.2, 0.25) is 0 Å². The largest absolute Gasteiger partial charge is 0.534 e. The van der Waals surface area contributed by atoms with E-state index in [9.17, 15) is 21.6 Å². The highest BCUT2D eigenvalue weighted by Gasteiger charge is 2.49. The zero-order valence-electron chi connectivity index (χ0n) is 10.3. The molecule has 19 heavy (non-hydrogen) atoms. The van der Waals surface area contributed by atoms with E-state index in [4.69, 9.17) is 0 Å². The molecular weight excluding hydrogens is 305 g/mol. The van der Waals surface area contributed by atoms with Gasteiger partial charge in [-0.25, -0.2) is 4.98 Å². The summed E-state index contributed by atoms with van der Waals surface area (Å²) < 4.78 is 62.9. The zero-order chi connectivity index (χ0) is 14.8. The van der Waals surface area contributed by atoms with E-state index in [-0.39, 0.29) is 17.1 Å². The lowest BCUT2D eigenvalue weighted by Gasteiger charge is -2.13. The molecule has 1 aromatic rings. The minimum absolute atomic E-state index is 0.141. The Balaban J connectivity index is 3.31. The third kappa shape index (κ3) is 3.50. The number of thioether (sulfide) groups is 1. The van der Waals surface area contributed by atoms with Crippen molar-refractivity contribution in [3.8, 4) is 5.88 Å². The fourth-order valence-electron chi connectivity index (χ4n) is 1.26. The van der Waals surface area contributed by atoms with Crippen molar-refractivity contribution in [2.24, 2.45) is 0 Å². The second-order valence-corrected chi connectivity index (χ2v) is 5.73. The third-order valence-electron chi connectivity index (χ3n) is 2.16. The van der Waals surface area contributed by atoms with Gasteiger partial charge in [-0.1, -0.05) is 18.7 Å². The minimum atomic E-state index is -5.72. The van der Waals surface area contributed by atoms with E-state index in [0.717, 1.165) is 11.8 Å². The summed E-state index contributed by atoms with van der Waals surface area (Å²) in [7, 11) is -5.72. The van der Waals surface area contributed by atoms with Gasteiger partial charge in [-0.15, -0.1) is 0 Å². The second-order valence-electron chi connectivity index (χ2n) is 3.42. The Morgan fingerprint density at radius 1 is 1.32 bits per heavy atom. The lowest BCUT2D eigenvalue weighted by Crippen LogP contribution is -2.29. The summed E-state index contributed by atoms with van der Waals surface area (Å²) in [6, 6.07) is 0. The Labute approximate surface area is 112 Å². The number of aromatic nitrogens is 2. The molecule has 0 fully saturated rings. The van der Waals surface area contributed by atoms with Crippen molar-refractivity contribution in [3.63, 3.8) is 0 Å². The minimum Gasteiger partial charge on any atom is -0.355 e. The first-order valence-corrected chi connectivity index (χ1v) is 7.68. The molecule has 0 amide bonds. The maximum atomic E-state index is 12.3. The van der Waals surface area contributed by atoms with E-state index in [1.165, 1.54) is 0 Å². The highest BCUT2D eigenvalue weighted by molar-refractivity contribution is 7.98. The Hall–Kier alpha value is -1.03. The van der Waals surface area contributed by atoms with Crippen LogP contribution in [0.3, 0.4) is 0 Å². The predicted octanol–water partition coefficient (Wildman–Crippen LogP) is 2.30. The van der Waals surface area contributed by atoms with Crippen LogP contribution in [0, 0.1) is 6.92 Å². The smallest absolute Gasteiger partial charge is 0.355 e. The topological polar surface area (TPSA) is 69.2 Å². The van der Waals surface area contributed by atoms with Gasteiger partial charge in [0.25, 0.3) is 0 Å². The van der Waals surface area contributed by atoms with Crippen LogP contribution in [0.25, 0.3) is 0 Å². The molecule has 10 heteroatoms. The molecule has 1 heterocycles. The molecule has 0 unspecified atom stereocenters. The Kier molecular flexibility index (Phi) is 4.67. The number of alkyl halides is 3. The molecule has 0 saturated heterocycles. The van der Waals surface area contributed by atoms with Crippen LogP contribution in [0.1, 0.15) is 18.2 Å². The highest BCUT2D eigenvalue weighted by Crippen LogP contribution is 2.29. The summed E-state index contributed by atoms with van der Waals surface area (Å²) in [4.78, 5) is 7.68. The molecule has 5 nitrogen and oxygen atoms in total. The average molecular weight is 316 g/mol. The van der Waals surface area contributed by atoms with Crippen LogP contribution in [0.15, 0.2) is 5.16 Å². The van der Waals surface area contributed by atoms with Gasteiger partial charge in [0, 0.05) is 11.3 Å². The molecule has 0 spiro atoms. The second kappa shape index (κ2) is 5.53. The van der Waals surface area contributed by atoms with Crippen molar-refractivity contribution < 1.29 is 25.8 Å². The average Bonchev–Trinajstić information content (AvgIpc) is 2.26. The van der Waals surface area contributed by atoms with Gasteiger partial charge in [-0.2, -0.15) is 26.6 Å². The van der Waals surface area contributed by atoms with Crippen LogP contribution in [0.5, 0.6) is 5.88 Å². The molecule has 0 saturated carbocycles. The van der Waals surface area contributed by atoms with Crippen LogP contribution >= 0.6 is 11.8 Å². The Morgan fingerprint density at radius 3 is 2.32 bits per heavy atom. The highest BCUT2D eigenvalue weighted by atomic mass is 32.2. The number of halogens is 3. The molecule has 0 bridgehead atoms. The van der Waals surface area contributed by atoms with Crippen molar-refractivity contribution >= 4 is 21.9 Å². The molecule has 1 rings (SSSR count). The van der Waals surface area contributed by atoms with E-state index < -0.39 is 21.5 Å². The molecule has 0 radical (unpaired) electrons. The van der Waals surface area contributed by atoms with Crippen molar-refractivity contribution in [2.75, 3.05) is 6.26 Å². The van der Waals surface area contributed by atoms with E-state index >= 15 is 0 Å².